The van der Waals surface area contributed by atoms with Crippen molar-refractivity contribution in [3.8, 4) is 0 Å². The molecular formula is C7H13NO2. The number of nitrogens with one attached hydrogen (secondary N) is 1. The molecule has 1 N–H and O–H groups in total. The van der Waals surface area contributed by atoms with Gasteiger partial charge in [-0.25, -0.2) is 4.79 Å². The summed E-state index contributed by atoms with van der Waals surface area (Å²) < 4.78 is 4.70. The van der Waals surface area contributed by atoms with E-state index in [-0.39, 0.29) is 0 Å². The molecule has 0 rings (SSSR count). The summed E-state index contributed by atoms with van der Waals surface area (Å²) in [5.74, 6) is 0. The first kappa shape index (κ1) is 9.01. The van der Waals surface area contributed by atoms with E-state index in [1.807, 2.05) is 6.92 Å². The zero-order valence-corrected chi connectivity index (χ0v) is 6.22. The number of unbranched alkanes of at least 4 members (excludes halogenated alkanes) is 1. The Morgan fingerprint density at radius 3 is 3.00 bits per heavy atom. The lowest BCUT2D eigenvalue weighted by Crippen LogP contribution is -2.18. The van der Waals surface area contributed by atoms with E-state index < -0.39 is 6.09 Å². The van der Waals surface area contributed by atoms with E-state index >= 15 is 0 Å². The normalized spacial score (nSPS) is 8.50. The molecule has 3 nitrogen and oxygen atoms in total. The smallest absolute Gasteiger partial charge is 0.411 e. The molecule has 1 amide bonds. The standard InChI is InChI=1S/C7H13NO2/c1-3-5-6-10-7(9)8-4-2/h4H,2-3,5-6H2,1H3,(H,8,9). The molecular weight excluding hydrogens is 130 g/mol. The van der Waals surface area contributed by atoms with Gasteiger partial charge in [0.05, 0.1) is 6.61 Å². The number of carbonyl (C=O) groups excluding carboxylic acids is 1. The quantitative estimate of drug-likeness (QED) is 0.608. The fourth-order valence-electron chi connectivity index (χ4n) is 0.434. The Labute approximate surface area is 61.1 Å². The first-order chi connectivity index (χ1) is 4.81. The first-order valence-corrected chi connectivity index (χ1v) is 3.35. The van der Waals surface area contributed by atoms with Gasteiger partial charge in [-0.1, -0.05) is 19.9 Å². The van der Waals surface area contributed by atoms with Gasteiger partial charge in [0.25, 0.3) is 0 Å². The van der Waals surface area contributed by atoms with Crippen molar-refractivity contribution in [2.24, 2.45) is 0 Å². The maximum absolute atomic E-state index is 10.5. The predicted molar refractivity (Wildman–Crippen MR) is 39.6 cm³/mol. The minimum atomic E-state index is -0.427. The lowest BCUT2D eigenvalue weighted by Gasteiger charge is -2.00. The Morgan fingerprint density at radius 2 is 2.50 bits per heavy atom. The van der Waals surface area contributed by atoms with Gasteiger partial charge in [-0.2, -0.15) is 0 Å². The Kier molecular flexibility index (Phi) is 5.53. The van der Waals surface area contributed by atoms with Gasteiger partial charge in [-0.05, 0) is 12.6 Å². The van der Waals surface area contributed by atoms with E-state index in [0.29, 0.717) is 6.61 Å². The van der Waals surface area contributed by atoms with Crippen LogP contribution >= 0.6 is 0 Å². The summed E-state index contributed by atoms with van der Waals surface area (Å²) in [6, 6.07) is 0. The number of hydrogen-bond donors (Lipinski definition) is 1. The number of rotatable bonds is 4. The minimum Gasteiger partial charge on any atom is -0.449 e. The topological polar surface area (TPSA) is 38.3 Å². The summed E-state index contributed by atoms with van der Waals surface area (Å²) in [4.78, 5) is 10.5. The van der Waals surface area contributed by atoms with Crippen molar-refractivity contribution in [3.63, 3.8) is 0 Å². The molecule has 0 unspecified atom stereocenters. The van der Waals surface area contributed by atoms with Crippen LogP contribution in [0.4, 0.5) is 4.79 Å². The fourth-order valence-corrected chi connectivity index (χ4v) is 0.434. The van der Waals surface area contributed by atoms with Gasteiger partial charge in [0, 0.05) is 0 Å². The average molecular weight is 143 g/mol. The second kappa shape index (κ2) is 6.13. The molecule has 3 heteroatoms. The zero-order valence-electron chi connectivity index (χ0n) is 6.22. The van der Waals surface area contributed by atoms with Crippen molar-refractivity contribution in [1.29, 1.82) is 0 Å². The maximum Gasteiger partial charge on any atom is 0.411 e. The van der Waals surface area contributed by atoms with E-state index in [2.05, 4.69) is 11.9 Å². The summed E-state index contributed by atoms with van der Waals surface area (Å²) in [5, 5.41) is 2.31. The molecule has 0 aliphatic rings. The molecule has 0 saturated carbocycles. The average Bonchev–Trinajstić information content (AvgIpc) is 1.89. The van der Waals surface area contributed by atoms with Gasteiger partial charge >= 0.3 is 6.09 Å². The van der Waals surface area contributed by atoms with E-state index in [1.165, 1.54) is 6.20 Å². The van der Waals surface area contributed by atoms with Crippen LogP contribution in [0.3, 0.4) is 0 Å². The molecule has 0 atom stereocenters. The molecule has 0 aromatic heterocycles. The zero-order chi connectivity index (χ0) is 7.82. The number of ether oxygens (including phenoxy) is 1. The Balaban J connectivity index is 3.13. The molecule has 10 heavy (non-hydrogen) atoms. The third-order valence-corrected chi connectivity index (χ3v) is 0.951. The highest BCUT2D eigenvalue weighted by atomic mass is 16.5. The van der Waals surface area contributed by atoms with Crippen LogP contribution in [-0.4, -0.2) is 12.7 Å². The van der Waals surface area contributed by atoms with Gasteiger partial charge in [0.15, 0.2) is 0 Å². The second-order valence-corrected chi connectivity index (χ2v) is 1.84. The summed E-state index contributed by atoms with van der Waals surface area (Å²) in [6.07, 6.45) is 2.81. The predicted octanol–water partition coefficient (Wildman–Crippen LogP) is 1.66. The maximum atomic E-state index is 10.5. The van der Waals surface area contributed by atoms with Gasteiger partial charge in [-0.3, -0.25) is 5.32 Å². The Hall–Kier alpha value is -0.990. The third-order valence-electron chi connectivity index (χ3n) is 0.951. The molecule has 0 fully saturated rings. The van der Waals surface area contributed by atoms with Crippen LogP contribution in [0.5, 0.6) is 0 Å². The second-order valence-electron chi connectivity index (χ2n) is 1.84. The summed E-state index contributed by atoms with van der Waals surface area (Å²) in [7, 11) is 0. The summed E-state index contributed by atoms with van der Waals surface area (Å²) in [5.41, 5.74) is 0. The van der Waals surface area contributed by atoms with E-state index in [9.17, 15) is 4.79 Å². The lowest BCUT2D eigenvalue weighted by atomic mass is 10.4. The summed E-state index contributed by atoms with van der Waals surface area (Å²) in [6.45, 7) is 5.84. The fraction of sp³-hybridized carbons (Fsp3) is 0.571. The SMILES string of the molecule is C=CNC(=O)OCCCC. The van der Waals surface area contributed by atoms with Crippen LogP contribution in [0.25, 0.3) is 0 Å². The third kappa shape index (κ3) is 5.15. The number of hydrogen-bond acceptors (Lipinski definition) is 2. The van der Waals surface area contributed by atoms with Crippen molar-refractivity contribution < 1.29 is 9.53 Å². The lowest BCUT2D eigenvalue weighted by molar-refractivity contribution is 0.148. The molecule has 0 aliphatic heterocycles. The van der Waals surface area contributed by atoms with Crippen LogP contribution < -0.4 is 5.32 Å². The summed E-state index contributed by atoms with van der Waals surface area (Å²) >= 11 is 0. The van der Waals surface area contributed by atoms with Crippen molar-refractivity contribution in [2.75, 3.05) is 6.61 Å². The minimum absolute atomic E-state index is 0.427. The van der Waals surface area contributed by atoms with Gasteiger partial charge in [-0.15, -0.1) is 0 Å². The largest absolute Gasteiger partial charge is 0.449 e. The number of alkyl carbamates (subject to hydrolysis) is 1. The van der Waals surface area contributed by atoms with Crippen molar-refractivity contribution in [3.05, 3.63) is 12.8 Å². The van der Waals surface area contributed by atoms with E-state index in [0.717, 1.165) is 12.8 Å². The number of amides is 1. The molecule has 0 aromatic rings. The molecule has 0 heterocycles. The molecule has 58 valence electrons. The highest BCUT2D eigenvalue weighted by Crippen LogP contribution is 1.87. The van der Waals surface area contributed by atoms with Crippen LogP contribution in [0, 0.1) is 0 Å². The number of carbonyl (C=O) groups is 1. The Bertz CT molecular complexity index is 112. The molecule has 0 radical (unpaired) electrons. The van der Waals surface area contributed by atoms with E-state index in [4.69, 9.17) is 4.74 Å². The molecule has 0 bridgehead atoms. The Morgan fingerprint density at radius 1 is 1.80 bits per heavy atom. The first-order valence-electron chi connectivity index (χ1n) is 3.35. The monoisotopic (exact) mass is 143 g/mol. The van der Waals surface area contributed by atoms with Crippen molar-refractivity contribution >= 4 is 6.09 Å². The van der Waals surface area contributed by atoms with Crippen LogP contribution in [-0.2, 0) is 4.74 Å². The van der Waals surface area contributed by atoms with Crippen LogP contribution in [0.15, 0.2) is 12.8 Å². The molecule has 0 aliphatic carbocycles. The van der Waals surface area contributed by atoms with Gasteiger partial charge < -0.3 is 4.74 Å². The van der Waals surface area contributed by atoms with Gasteiger partial charge in [0.1, 0.15) is 0 Å². The van der Waals surface area contributed by atoms with Crippen molar-refractivity contribution in [1.82, 2.24) is 5.32 Å². The highest BCUT2D eigenvalue weighted by molar-refractivity contribution is 5.68. The molecule has 0 saturated heterocycles. The van der Waals surface area contributed by atoms with E-state index in [1.54, 1.807) is 0 Å². The van der Waals surface area contributed by atoms with Crippen LogP contribution in [0.1, 0.15) is 19.8 Å². The molecule has 0 spiro atoms. The van der Waals surface area contributed by atoms with Gasteiger partial charge in [0.2, 0.25) is 0 Å². The molecule has 0 aromatic carbocycles. The highest BCUT2D eigenvalue weighted by Gasteiger charge is 1.94. The van der Waals surface area contributed by atoms with Crippen molar-refractivity contribution in [2.45, 2.75) is 19.8 Å². The van der Waals surface area contributed by atoms with Crippen LogP contribution in [0.2, 0.25) is 0 Å².